The molecule has 3 heteroatoms. The van der Waals surface area contributed by atoms with Crippen LogP contribution in [0.3, 0.4) is 0 Å². The molecule has 0 aromatic carbocycles. The minimum absolute atomic E-state index is 0.314. The summed E-state index contributed by atoms with van der Waals surface area (Å²) in [5.41, 5.74) is 0. The van der Waals surface area contributed by atoms with Gasteiger partial charge in [-0.2, -0.15) is 5.26 Å². The van der Waals surface area contributed by atoms with Crippen LogP contribution in [0, 0.1) is 17.2 Å². The summed E-state index contributed by atoms with van der Waals surface area (Å²) in [6.45, 7) is 3.49. The van der Waals surface area contributed by atoms with E-state index in [4.69, 9.17) is 10.4 Å². The molecule has 1 atom stereocenters. The first-order valence-corrected chi connectivity index (χ1v) is 5.07. The molecule has 0 aliphatic carbocycles. The third-order valence-electron chi connectivity index (χ3n) is 2.62. The summed E-state index contributed by atoms with van der Waals surface area (Å²) in [6, 6.07) is 2.16. The van der Waals surface area contributed by atoms with Crippen molar-refractivity contribution in [2.75, 3.05) is 26.2 Å². The molecule has 0 spiro atoms. The highest BCUT2D eigenvalue weighted by Crippen LogP contribution is 2.15. The fraction of sp³-hybridized carbons (Fsp3) is 0.900. The molecule has 0 aromatic rings. The number of aliphatic hydroxyl groups excluding tert-OH is 1. The Hall–Kier alpha value is -0.590. The third-order valence-corrected chi connectivity index (χ3v) is 2.62. The Balaban J connectivity index is 2.15. The minimum atomic E-state index is 0.314. The van der Waals surface area contributed by atoms with Gasteiger partial charge in [0, 0.05) is 19.6 Å². The van der Waals surface area contributed by atoms with Crippen LogP contribution in [0.15, 0.2) is 0 Å². The third kappa shape index (κ3) is 3.75. The summed E-state index contributed by atoms with van der Waals surface area (Å²) in [5, 5.41) is 17.4. The Morgan fingerprint density at radius 3 is 3.08 bits per heavy atom. The molecule has 1 saturated heterocycles. The van der Waals surface area contributed by atoms with Crippen LogP contribution in [0.25, 0.3) is 0 Å². The normalized spacial score (nSPS) is 24.2. The van der Waals surface area contributed by atoms with Crippen molar-refractivity contribution in [2.24, 2.45) is 5.92 Å². The van der Waals surface area contributed by atoms with E-state index in [1.54, 1.807) is 0 Å². The maximum Gasteiger partial charge on any atom is 0.0622 e. The quantitative estimate of drug-likeness (QED) is 0.660. The lowest BCUT2D eigenvalue weighted by molar-refractivity contribution is 0.120. The lowest BCUT2D eigenvalue weighted by atomic mass is 9.99. The number of piperidine rings is 1. The van der Waals surface area contributed by atoms with Crippen LogP contribution in [-0.2, 0) is 0 Å². The van der Waals surface area contributed by atoms with Crippen LogP contribution in [0.4, 0.5) is 0 Å². The van der Waals surface area contributed by atoms with E-state index < -0.39 is 0 Å². The molecule has 0 saturated carbocycles. The second-order valence-corrected chi connectivity index (χ2v) is 3.75. The van der Waals surface area contributed by atoms with Gasteiger partial charge in [0.15, 0.2) is 0 Å². The molecule has 0 radical (unpaired) electrons. The lowest BCUT2D eigenvalue weighted by Gasteiger charge is -2.31. The van der Waals surface area contributed by atoms with Gasteiger partial charge in [-0.3, -0.25) is 0 Å². The highest BCUT2D eigenvalue weighted by atomic mass is 16.3. The van der Waals surface area contributed by atoms with E-state index in [2.05, 4.69) is 11.0 Å². The first-order valence-electron chi connectivity index (χ1n) is 5.07. The first kappa shape index (κ1) is 10.5. The van der Waals surface area contributed by atoms with E-state index in [1.807, 2.05) is 0 Å². The van der Waals surface area contributed by atoms with Crippen molar-refractivity contribution in [3.63, 3.8) is 0 Å². The highest BCUT2D eigenvalue weighted by Gasteiger charge is 2.18. The van der Waals surface area contributed by atoms with E-state index in [1.165, 1.54) is 6.42 Å². The lowest BCUT2D eigenvalue weighted by Crippen LogP contribution is -2.37. The first-order chi connectivity index (χ1) is 6.36. The van der Waals surface area contributed by atoms with Gasteiger partial charge in [-0.25, -0.2) is 0 Å². The van der Waals surface area contributed by atoms with Crippen molar-refractivity contribution in [2.45, 2.75) is 25.7 Å². The number of hydrogen-bond donors (Lipinski definition) is 1. The summed E-state index contributed by atoms with van der Waals surface area (Å²) < 4.78 is 0. The summed E-state index contributed by atoms with van der Waals surface area (Å²) in [6.07, 6.45) is 3.97. The van der Waals surface area contributed by atoms with Crippen molar-refractivity contribution in [3.05, 3.63) is 0 Å². The molecule has 74 valence electrons. The number of likely N-dealkylation sites (tertiary alicyclic amines) is 1. The molecule has 0 amide bonds. The molecule has 13 heavy (non-hydrogen) atoms. The van der Waals surface area contributed by atoms with Crippen LogP contribution in [0.1, 0.15) is 25.7 Å². The summed E-state index contributed by atoms with van der Waals surface area (Å²) in [7, 11) is 0. The topological polar surface area (TPSA) is 47.3 Å². The van der Waals surface area contributed by atoms with Crippen LogP contribution in [0.2, 0.25) is 0 Å². The van der Waals surface area contributed by atoms with Crippen LogP contribution >= 0.6 is 0 Å². The monoisotopic (exact) mass is 182 g/mol. The molecular weight excluding hydrogens is 164 g/mol. The van der Waals surface area contributed by atoms with Crippen LogP contribution in [0.5, 0.6) is 0 Å². The van der Waals surface area contributed by atoms with Gasteiger partial charge in [0.2, 0.25) is 0 Å². The molecule has 1 fully saturated rings. The number of nitrogens with zero attached hydrogens (tertiary/aromatic N) is 2. The van der Waals surface area contributed by atoms with E-state index in [9.17, 15) is 0 Å². The zero-order valence-electron chi connectivity index (χ0n) is 8.08. The van der Waals surface area contributed by atoms with Gasteiger partial charge in [0.25, 0.3) is 0 Å². The van der Waals surface area contributed by atoms with Gasteiger partial charge in [0.1, 0.15) is 0 Å². The molecule has 1 heterocycles. The van der Waals surface area contributed by atoms with Crippen LogP contribution in [-0.4, -0.2) is 36.2 Å². The summed E-state index contributed by atoms with van der Waals surface area (Å²) in [4.78, 5) is 2.36. The smallest absolute Gasteiger partial charge is 0.0622 e. The number of rotatable bonds is 4. The maximum atomic E-state index is 9.00. The number of unbranched alkanes of at least 4 members (excludes halogenated alkanes) is 1. The fourth-order valence-electron chi connectivity index (χ4n) is 1.89. The second kappa shape index (κ2) is 5.95. The standard InChI is InChI=1S/C10H18N2O/c11-5-1-2-6-12-7-3-4-10(8-12)9-13/h10,13H,1-4,6-9H2/t10-/m0/s1. The SMILES string of the molecule is N#CCCCN1CCC[C@H](CO)C1. The van der Waals surface area contributed by atoms with Gasteiger partial charge in [0.05, 0.1) is 6.07 Å². The molecule has 1 aliphatic rings. The van der Waals surface area contributed by atoms with E-state index in [0.717, 1.165) is 32.5 Å². The second-order valence-electron chi connectivity index (χ2n) is 3.75. The number of aliphatic hydroxyl groups is 1. The Morgan fingerprint density at radius 1 is 1.54 bits per heavy atom. The van der Waals surface area contributed by atoms with Crippen molar-refractivity contribution in [1.29, 1.82) is 5.26 Å². The number of nitriles is 1. The van der Waals surface area contributed by atoms with Gasteiger partial charge >= 0.3 is 0 Å². The van der Waals surface area contributed by atoms with E-state index in [-0.39, 0.29) is 0 Å². The molecule has 1 rings (SSSR count). The molecular formula is C10H18N2O. The average Bonchev–Trinajstić information content (AvgIpc) is 2.19. The minimum Gasteiger partial charge on any atom is -0.396 e. The van der Waals surface area contributed by atoms with Crippen molar-refractivity contribution in [1.82, 2.24) is 4.90 Å². The Labute approximate surface area is 80.0 Å². The molecule has 0 aromatic heterocycles. The summed E-state index contributed by atoms with van der Waals surface area (Å²) >= 11 is 0. The zero-order chi connectivity index (χ0) is 9.52. The number of hydrogen-bond acceptors (Lipinski definition) is 3. The predicted octanol–water partition coefficient (Wildman–Crippen LogP) is 0.994. The van der Waals surface area contributed by atoms with E-state index >= 15 is 0 Å². The van der Waals surface area contributed by atoms with Gasteiger partial charge in [-0.05, 0) is 38.3 Å². The summed E-state index contributed by atoms with van der Waals surface area (Å²) in [5.74, 6) is 0.468. The van der Waals surface area contributed by atoms with Gasteiger partial charge in [-0.1, -0.05) is 0 Å². The Morgan fingerprint density at radius 2 is 2.38 bits per heavy atom. The largest absolute Gasteiger partial charge is 0.396 e. The average molecular weight is 182 g/mol. The highest BCUT2D eigenvalue weighted by molar-refractivity contribution is 4.74. The maximum absolute atomic E-state index is 9.00. The zero-order valence-corrected chi connectivity index (χ0v) is 8.08. The Kier molecular flexibility index (Phi) is 4.81. The molecule has 0 bridgehead atoms. The fourth-order valence-corrected chi connectivity index (χ4v) is 1.89. The van der Waals surface area contributed by atoms with Crippen molar-refractivity contribution >= 4 is 0 Å². The van der Waals surface area contributed by atoms with Crippen molar-refractivity contribution < 1.29 is 5.11 Å². The van der Waals surface area contributed by atoms with Gasteiger partial charge in [-0.15, -0.1) is 0 Å². The van der Waals surface area contributed by atoms with Gasteiger partial charge < -0.3 is 10.0 Å². The van der Waals surface area contributed by atoms with Crippen LogP contribution < -0.4 is 0 Å². The van der Waals surface area contributed by atoms with Crippen molar-refractivity contribution in [3.8, 4) is 6.07 Å². The molecule has 3 nitrogen and oxygen atoms in total. The Bertz CT molecular complexity index is 176. The molecule has 0 unspecified atom stereocenters. The predicted molar refractivity (Wildman–Crippen MR) is 51.1 cm³/mol. The molecule has 1 aliphatic heterocycles. The molecule has 1 N–H and O–H groups in total. The van der Waals surface area contributed by atoms with E-state index in [0.29, 0.717) is 18.9 Å².